The molecule has 2 aromatic rings. The van der Waals surface area contributed by atoms with Gasteiger partial charge in [-0.05, 0) is 24.3 Å². The van der Waals surface area contributed by atoms with Crippen LogP contribution in [-0.2, 0) is 0 Å². The summed E-state index contributed by atoms with van der Waals surface area (Å²) >= 11 is 5.78. The number of anilines is 1. The van der Waals surface area contributed by atoms with Crippen molar-refractivity contribution in [2.24, 2.45) is 0 Å². The number of halogens is 1. The van der Waals surface area contributed by atoms with E-state index in [0.717, 1.165) is 0 Å². The standard InChI is InChI=1S/C13H10ClN3O3/c14-10-5-3-4-9(8-10)13(18)16-15-11-6-1-2-7-12(11)17(19)20/h1-8,15H,(H,16,18). The van der Waals surface area contributed by atoms with E-state index in [1.165, 1.54) is 18.2 Å². The summed E-state index contributed by atoms with van der Waals surface area (Å²) in [7, 11) is 0. The van der Waals surface area contributed by atoms with Gasteiger partial charge >= 0.3 is 0 Å². The van der Waals surface area contributed by atoms with Crippen molar-refractivity contribution in [3.63, 3.8) is 0 Å². The lowest BCUT2D eigenvalue weighted by molar-refractivity contribution is -0.384. The highest BCUT2D eigenvalue weighted by Gasteiger charge is 2.13. The number of hydrazine groups is 1. The van der Waals surface area contributed by atoms with Gasteiger partial charge in [-0.1, -0.05) is 29.8 Å². The average Bonchev–Trinajstić information content (AvgIpc) is 2.45. The average molecular weight is 292 g/mol. The third kappa shape index (κ3) is 3.24. The lowest BCUT2D eigenvalue weighted by Gasteiger charge is -2.08. The topological polar surface area (TPSA) is 84.3 Å². The lowest BCUT2D eigenvalue weighted by atomic mass is 10.2. The Morgan fingerprint density at radius 1 is 1.15 bits per heavy atom. The molecular formula is C13H10ClN3O3. The maximum absolute atomic E-state index is 11.8. The molecule has 0 heterocycles. The number of nitrogens with one attached hydrogen (secondary N) is 2. The van der Waals surface area contributed by atoms with Gasteiger partial charge in [0.1, 0.15) is 5.69 Å². The van der Waals surface area contributed by atoms with Gasteiger partial charge in [0.25, 0.3) is 11.6 Å². The van der Waals surface area contributed by atoms with E-state index < -0.39 is 10.8 Å². The minimum absolute atomic E-state index is 0.126. The minimum Gasteiger partial charge on any atom is -0.292 e. The molecule has 0 atom stereocenters. The molecular weight excluding hydrogens is 282 g/mol. The van der Waals surface area contributed by atoms with E-state index in [1.807, 2.05) is 0 Å². The summed E-state index contributed by atoms with van der Waals surface area (Å²) in [5.41, 5.74) is 5.34. The number of carbonyl (C=O) groups excluding carboxylic acids is 1. The summed E-state index contributed by atoms with van der Waals surface area (Å²) in [6, 6.07) is 12.4. The molecule has 0 radical (unpaired) electrons. The van der Waals surface area contributed by atoms with E-state index in [4.69, 9.17) is 11.6 Å². The van der Waals surface area contributed by atoms with Crippen LogP contribution in [0, 0.1) is 10.1 Å². The predicted molar refractivity (Wildman–Crippen MR) is 75.6 cm³/mol. The minimum atomic E-state index is -0.534. The predicted octanol–water partition coefficient (Wildman–Crippen LogP) is 3.01. The Kier molecular flexibility index (Phi) is 4.17. The van der Waals surface area contributed by atoms with Gasteiger partial charge in [0.15, 0.2) is 0 Å². The Labute approximate surface area is 119 Å². The summed E-state index contributed by atoms with van der Waals surface area (Å²) in [4.78, 5) is 22.1. The molecule has 0 saturated carbocycles. The largest absolute Gasteiger partial charge is 0.294 e. The van der Waals surface area contributed by atoms with Crippen molar-refractivity contribution >= 4 is 28.9 Å². The second-order valence-corrected chi connectivity index (χ2v) is 4.30. The number of nitro groups is 1. The quantitative estimate of drug-likeness (QED) is 0.670. The van der Waals surface area contributed by atoms with Crippen molar-refractivity contribution in [2.45, 2.75) is 0 Å². The van der Waals surface area contributed by atoms with Gasteiger partial charge in [0, 0.05) is 16.7 Å². The number of para-hydroxylation sites is 2. The molecule has 0 aliphatic carbocycles. The molecule has 7 heteroatoms. The van der Waals surface area contributed by atoms with Gasteiger partial charge in [-0.3, -0.25) is 25.8 Å². The molecule has 20 heavy (non-hydrogen) atoms. The van der Waals surface area contributed by atoms with Crippen molar-refractivity contribution in [3.05, 3.63) is 69.2 Å². The molecule has 0 bridgehead atoms. The maximum Gasteiger partial charge on any atom is 0.294 e. The molecule has 2 N–H and O–H groups in total. The highest BCUT2D eigenvalue weighted by atomic mass is 35.5. The smallest absolute Gasteiger partial charge is 0.292 e. The highest BCUT2D eigenvalue weighted by molar-refractivity contribution is 6.30. The van der Waals surface area contributed by atoms with Crippen molar-refractivity contribution in [3.8, 4) is 0 Å². The van der Waals surface area contributed by atoms with Crippen molar-refractivity contribution < 1.29 is 9.72 Å². The molecule has 1 amide bonds. The first-order valence-corrected chi connectivity index (χ1v) is 6.01. The highest BCUT2D eigenvalue weighted by Crippen LogP contribution is 2.22. The second-order valence-electron chi connectivity index (χ2n) is 3.86. The zero-order chi connectivity index (χ0) is 14.5. The number of nitro benzene ring substituents is 1. The van der Waals surface area contributed by atoms with Gasteiger partial charge in [-0.25, -0.2) is 0 Å². The monoisotopic (exact) mass is 291 g/mol. The van der Waals surface area contributed by atoms with E-state index in [1.54, 1.807) is 30.3 Å². The third-order valence-corrected chi connectivity index (χ3v) is 2.73. The van der Waals surface area contributed by atoms with Gasteiger partial charge in [-0.2, -0.15) is 0 Å². The third-order valence-electron chi connectivity index (χ3n) is 2.50. The Morgan fingerprint density at radius 2 is 1.90 bits per heavy atom. The summed E-state index contributed by atoms with van der Waals surface area (Å²) in [5, 5.41) is 11.3. The normalized spacial score (nSPS) is 9.85. The van der Waals surface area contributed by atoms with Crippen LogP contribution in [0.3, 0.4) is 0 Å². The van der Waals surface area contributed by atoms with Crippen LogP contribution in [0.15, 0.2) is 48.5 Å². The Hall–Kier alpha value is -2.60. The van der Waals surface area contributed by atoms with Crippen LogP contribution in [0.25, 0.3) is 0 Å². The van der Waals surface area contributed by atoms with Crippen LogP contribution in [0.1, 0.15) is 10.4 Å². The molecule has 0 unspecified atom stereocenters. The number of hydrogen-bond donors (Lipinski definition) is 2. The van der Waals surface area contributed by atoms with E-state index in [9.17, 15) is 14.9 Å². The van der Waals surface area contributed by atoms with E-state index in [-0.39, 0.29) is 11.4 Å². The number of carbonyl (C=O) groups is 1. The van der Waals surface area contributed by atoms with Crippen LogP contribution >= 0.6 is 11.6 Å². The maximum atomic E-state index is 11.8. The zero-order valence-electron chi connectivity index (χ0n) is 10.2. The molecule has 2 aromatic carbocycles. The Morgan fingerprint density at radius 3 is 2.60 bits per heavy atom. The first-order valence-electron chi connectivity index (χ1n) is 5.63. The number of amides is 1. The van der Waals surface area contributed by atoms with Crippen LogP contribution in [0.4, 0.5) is 11.4 Å². The molecule has 0 saturated heterocycles. The zero-order valence-corrected chi connectivity index (χ0v) is 10.9. The SMILES string of the molecule is O=C(NNc1ccccc1[N+](=O)[O-])c1cccc(Cl)c1. The van der Waals surface area contributed by atoms with Crippen molar-refractivity contribution in [1.82, 2.24) is 5.43 Å². The van der Waals surface area contributed by atoms with Gasteiger partial charge in [0.05, 0.1) is 4.92 Å². The molecule has 0 spiro atoms. The lowest BCUT2D eigenvalue weighted by Crippen LogP contribution is -2.29. The van der Waals surface area contributed by atoms with E-state index in [2.05, 4.69) is 10.9 Å². The molecule has 6 nitrogen and oxygen atoms in total. The first-order chi connectivity index (χ1) is 9.58. The molecule has 0 aliphatic rings. The molecule has 0 aromatic heterocycles. The van der Waals surface area contributed by atoms with E-state index in [0.29, 0.717) is 10.6 Å². The van der Waals surface area contributed by atoms with Crippen molar-refractivity contribution in [1.29, 1.82) is 0 Å². The van der Waals surface area contributed by atoms with Crippen molar-refractivity contribution in [2.75, 3.05) is 5.43 Å². The molecule has 0 aliphatic heterocycles. The van der Waals surface area contributed by atoms with Crippen LogP contribution in [0.5, 0.6) is 0 Å². The number of nitrogens with zero attached hydrogens (tertiary/aromatic N) is 1. The van der Waals surface area contributed by atoms with Crippen LogP contribution in [0.2, 0.25) is 5.02 Å². The van der Waals surface area contributed by atoms with Gasteiger partial charge in [0.2, 0.25) is 0 Å². The fourth-order valence-electron chi connectivity index (χ4n) is 1.56. The van der Waals surface area contributed by atoms with Gasteiger partial charge < -0.3 is 0 Å². The summed E-state index contributed by atoms with van der Waals surface area (Å²) in [5.74, 6) is -0.439. The summed E-state index contributed by atoms with van der Waals surface area (Å²) in [6.45, 7) is 0. The fourth-order valence-corrected chi connectivity index (χ4v) is 1.75. The van der Waals surface area contributed by atoms with Crippen LogP contribution < -0.4 is 10.9 Å². The Balaban J connectivity index is 2.09. The number of rotatable bonds is 4. The summed E-state index contributed by atoms with van der Waals surface area (Å²) < 4.78 is 0. The molecule has 2 rings (SSSR count). The number of hydrogen-bond acceptors (Lipinski definition) is 4. The Bertz CT molecular complexity index is 661. The summed E-state index contributed by atoms with van der Waals surface area (Å²) in [6.07, 6.45) is 0. The fraction of sp³-hybridized carbons (Fsp3) is 0. The molecule has 0 fully saturated rings. The molecule has 102 valence electrons. The number of benzene rings is 2. The van der Waals surface area contributed by atoms with E-state index >= 15 is 0 Å². The van der Waals surface area contributed by atoms with Crippen LogP contribution in [-0.4, -0.2) is 10.8 Å². The van der Waals surface area contributed by atoms with Gasteiger partial charge in [-0.15, -0.1) is 0 Å². The first kappa shape index (κ1) is 13.8. The second kappa shape index (κ2) is 6.03.